The molecule has 1 aliphatic heterocycles. The second-order valence-corrected chi connectivity index (χ2v) is 9.90. The van der Waals surface area contributed by atoms with Gasteiger partial charge in [-0.2, -0.15) is 0 Å². The number of benzene rings is 2. The third-order valence-corrected chi connectivity index (χ3v) is 7.25. The first-order valence-electron chi connectivity index (χ1n) is 10.1. The number of carbonyl (C=O) groups excluding carboxylic acids is 1. The van der Waals surface area contributed by atoms with Gasteiger partial charge < -0.3 is 14.4 Å². The van der Waals surface area contributed by atoms with Crippen LogP contribution < -0.4 is 9.46 Å². The van der Waals surface area contributed by atoms with Crippen molar-refractivity contribution in [1.82, 2.24) is 9.62 Å². The molecule has 3 rings (SSSR count). The van der Waals surface area contributed by atoms with Crippen molar-refractivity contribution in [3.05, 3.63) is 53.1 Å². The van der Waals surface area contributed by atoms with Gasteiger partial charge in [-0.3, -0.25) is 4.79 Å². The molecule has 0 atom stereocenters. The number of morpholine rings is 1. The molecule has 7 nitrogen and oxygen atoms in total. The Balaban J connectivity index is 1.68. The lowest BCUT2D eigenvalue weighted by atomic mass is 10.1. The van der Waals surface area contributed by atoms with E-state index in [1.807, 2.05) is 38.3 Å². The lowest BCUT2D eigenvalue weighted by Gasteiger charge is -2.27. The molecule has 1 fully saturated rings. The van der Waals surface area contributed by atoms with Crippen LogP contribution in [0.3, 0.4) is 0 Å². The van der Waals surface area contributed by atoms with Crippen molar-refractivity contribution < 1.29 is 22.7 Å². The number of nitrogens with one attached hydrogen (secondary N) is 1. The highest BCUT2D eigenvalue weighted by Crippen LogP contribution is 2.25. The Labute approximate surface area is 188 Å². The lowest BCUT2D eigenvalue weighted by Crippen LogP contribution is -2.41. The summed E-state index contributed by atoms with van der Waals surface area (Å²) >= 11 is 1.41. The number of carbonyl (C=O) groups is 1. The largest absolute Gasteiger partial charge is 0.492 e. The van der Waals surface area contributed by atoms with E-state index in [4.69, 9.17) is 9.47 Å². The van der Waals surface area contributed by atoms with Crippen LogP contribution in [0.15, 0.2) is 46.2 Å². The second kappa shape index (κ2) is 10.5. The minimum absolute atomic E-state index is 0.0634. The molecular weight excluding hydrogens is 436 g/mol. The number of nitrogens with zero attached hydrogens (tertiary/aromatic N) is 1. The van der Waals surface area contributed by atoms with Crippen molar-refractivity contribution >= 4 is 27.7 Å². The summed E-state index contributed by atoms with van der Waals surface area (Å²) in [6, 6.07) is 10.5. The van der Waals surface area contributed by atoms with Gasteiger partial charge in [0.25, 0.3) is 5.91 Å². The van der Waals surface area contributed by atoms with E-state index in [0.29, 0.717) is 31.9 Å². The zero-order chi connectivity index (χ0) is 22.4. The summed E-state index contributed by atoms with van der Waals surface area (Å²) in [5.41, 5.74) is 2.53. The molecule has 0 bridgehead atoms. The Kier molecular flexibility index (Phi) is 7.99. The van der Waals surface area contributed by atoms with Crippen LogP contribution in [0, 0.1) is 13.8 Å². The predicted molar refractivity (Wildman–Crippen MR) is 122 cm³/mol. The maximum Gasteiger partial charge on any atom is 0.255 e. The molecule has 31 heavy (non-hydrogen) atoms. The number of ether oxygens (including phenoxy) is 2. The summed E-state index contributed by atoms with van der Waals surface area (Å²) in [7, 11) is -3.78. The van der Waals surface area contributed by atoms with Crippen LogP contribution in [-0.4, -0.2) is 64.9 Å². The summed E-state index contributed by atoms with van der Waals surface area (Å²) in [6.45, 7) is 6.24. The van der Waals surface area contributed by atoms with E-state index in [0.717, 1.165) is 21.8 Å². The molecule has 168 valence electrons. The van der Waals surface area contributed by atoms with Gasteiger partial charge in [0.2, 0.25) is 10.0 Å². The third kappa shape index (κ3) is 6.00. The molecule has 0 saturated carbocycles. The van der Waals surface area contributed by atoms with Gasteiger partial charge in [0.15, 0.2) is 0 Å². The fourth-order valence-corrected chi connectivity index (χ4v) is 4.95. The average molecular weight is 465 g/mol. The van der Waals surface area contributed by atoms with Crippen LogP contribution >= 0.6 is 11.8 Å². The quantitative estimate of drug-likeness (QED) is 0.478. The van der Waals surface area contributed by atoms with Crippen molar-refractivity contribution in [3.63, 3.8) is 0 Å². The molecular formula is C22H28N2O5S2. The first-order chi connectivity index (χ1) is 14.8. The van der Waals surface area contributed by atoms with E-state index >= 15 is 0 Å². The standard InChI is InChI=1S/C22H28N2O5S2/c1-16-4-6-20(17(2)14-16)29-11-8-23-31(26,27)18-5-7-21(30-3)19(15-18)22(25)24-9-12-28-13-10-24/h4-7,14-15,23H,8-13H2,1-3H3. The smallest absolute Gasteiger partial charge is 0.255 e. The van der Waals surface area contributed by atoms with E-state index < -0.39 is 10.0 Å². The number of sulfonamides is 1. The third-order valence-electron chi connectivity index (χ3n) is 4.99. The number of hydrogen-bond acceptors (Lipinski definition) is 6. The highest BCUT2D eigenvalue weighted by Gasteiger charge is 2.24. The molecule has 0 radical (unpaired) electrons. The molecule has 2 aromatic rings. The van der Waals surface area contributed by atoms with Gasteiger partial charge in [-0.25, -0.2) is 13.1 Å². The molecule has 1 N–H and O–H groups in total. The highest BCUT2D eigenvalue weighted by atomic mass is 32.2. The highest BCUT2D eigenvalue weighted by molar-refractivity contribution is 7.98. The van der Waals surface area contributed by atoms with Crippen LogP contribution in [0.4, 0.5) is 0 Å². The van der Waals surface area contributed by atoms with Crippen LogP contribution in [0.2, 0.25) is 0 Å². The molecule has 1 heterocycles. The minimum Gasteiger partial charge on any atom is -0.492 e. The van der Waals surface area contributed by atoms with Crippen molar-refractivity contribution in [2.24, 2.45) is 0 Å². The molecule has 1 amide bonds. The number of thioether (sulfide) groups is 1. The SMILES string of the molecule is CSc1ccc(S(=O)(=O)NCCOc2ccc(C)cc2C)cc1C(=O)N1CCOCC1. The normalized spacial score (nSPS) is 14.5. The molecule has 0 aliphatic carbocycles. The summed E-state index contributed by atoms with van der Waals surface area (Å²) in [6.07, 6.45) is 1.86. The van der Waals surface area contributed by atoms with Gasteiger partial charge in [-0.05, 0) is 49.9 Å². The van der Waals surface area contributed by atoms with E-state index in [2.05, 4.69) is 4.72 Å². The van der Waals surface area contributed by atoms with Gasteiger partial charge in [0.1, 0.15) is 12.4 Å². The number of amides is 1. The van der Waals surface area contributed by atoms with Crippen LogP contribution in [0.25, 0.3) is 0 Å². The van der Waals surface area contributed by atoms with Gasteiger partial charge in [0.05, 0.1) is 23.7 Å². The van der Waals surface area contributed by atoms with Crippen molar-refractivity contribution in [3.8, 4) is 5.75 Å². The molecule has 1 aliphatic rings. The Hall–Kier alpha value is -2.07. The van der Waals surface area contributed by atoms with Crippen LogP contribution in [0.1, 0.15) is 21.5 Å². The number of rotatable bonds is 8. The predicted octanol–water partition coefficient (Wildman–Crippen LogP) is 2.86. The first-order valence-corrected chi connectivity index (χ1v) is 12.8. The molecule has 0 spiro atoms. The summed E-state index contributed by atoms with van der Waals surface area (Å²) in [5.74, 6) is 0.551. The molecule has 0 unspecified atom stereocenters. The number of hydrogen-bond donors (Lipinski definition) is 1. The summed E-state index contributed by atoms with van der Waals surface area (Å²) < 4.78 is 39.1. The van der Waals surface area contributed by atoms with Crippen LogP contribution in [0.5, 0.6) is 5.75 Å². The fraction of sp³-hybridized carbons (Fsp3) is 0.409. The molecule has 9 heteroatoms. The Morgan fingerprint density at radius 1 is 1.16 bits per heavy atom. The Bertz CT molecular complexity index is 1030. The van der Waals surface area contributed by atoms with Gasteiger partial charge in [-0.15, -0.1) is 11.8 Å². The Morgan fingerprint density at radius 3 is 2.58 bits per heavy atom. The van der Waals surface area contributed by atoms with Crippen molar-refractivity contribution in [1.29, 1.82) is 0 Å². The first kappa shape index (κ1) is 23.6. The summed E-state index contributed by atoms with van der Waals surface area (Å²) in [5, 5.41) is 0. The van der Waals surface area contributed by atoms with Gasteiger partial charge in [0, 0.05) is 24.5 Å². The van der Waals surface area contributed by atoms with Crippen molar-refractivity contribution in [2.45, 2.75) is 23.6 Å². The van der Waals surface area contributed by atoms with Gasteiger partial charge in [-0.1, -0.05) is 17.7 Å². The number of aryl methyl sites for hydroxylation is 2. The topological polar surface area (TPSA) is 84.9 Å². The zero-order valence-corrected chi connectivity index (χ0v) is 19.6. The maximum atomic E-state index is 13.0. The molecule has 0 aromatic heterocycles. The van der Waals surface area contributed by atoms with E-state index in [1.54, 1.807) is 11.0 Å². The fourth-order valence-electron chi connectivity index (χ4n) is 3.34. The maximum absolute atomic E-state index is 13.0. The average Bonchev–Trinajstić information content (AvgIpc) is 2.77. The zero-order valence-electron chi connectivity index (χ0n) is 18.0. The Morgan fingerprint density at radius 2 is 1.90 bits per heavy atom. The molecule has 2 aromatic carbocycles. The monoisotopic (exact) mass is 464 g/mol. The van der Waals surface area contributed by atoms with Gasteiger partial charge >= 0.3 is 0 Å². The second-order valence-electron chi connectivity index (χ2n) is 7.28. The van der Waals surface area contributed by atoms with Crippen molar-refractivity contribution in [2.75, 3.05) is 45.7 Å². The molecule has 1 saturated heterocycles. The van der Waals surface area contributed by atoms with E-state index in [9.17, 15) is 13.2 Å². The lowest BCUT2D eigenvalue weighted by molar-refractivity contribution is 0.0300. The van der Waals surface area contributed by atoms with E-state index in [-0.39, 0.29) is 24.0 Å². The van der Waals surface area contributed by atoms with Crippen LogP contribution in [-0.2, 0) is 14.8 Å². The minimum atomic E-state index is -3.78. The summed E-state index contributed by atoms with van der Waals surface area (Å²) in [4.78, 5) is 15.5. The van der Waals surface area contributed by atoms with E-state index in [1.165, 1.54) is 23.9 Å².